The summed E-state index contributed by atoms with van der Waals surface area (Å²) in [7, 11) is -2.43. The van der Waals surface area contributed by atoms with Crippen molar-refractivity contribution in [2.75, 3.05) is 17.8 Å². The van der Waals surface area contributed by atoms with Crippen LogP contribution < -0.4 is 5.32 Å². The molecule has 0 radical (unpaired) electrons. The largest absolute Gasteiger partial charge is 0.381 e. The van der Waals surface area contributed by atoms with Gasteiger partial charge in [-0.3, -0.25) is 4.79 Å². The number of benzene rings is 2. The maximum absolute atomic E-state index is 11.9. The Morgan fingerprint density at radius 3 is 2.13 bits per heavy atom. The van der Waals surface area contributed by atoms with Crippen LogP contribution in [0.2, 0.25) is 0 Å². The number of amides is 1. The molecule has 0 fully saturated rings. The van der Waals surface area contributed by atoms with Crippen LogP contribution in [0.3, 0.4) is 0 Å². The SMILES string of the molecule is Cc1cc(C)cc(CNc2ccc(C(=O)N=S(C)(C)=O)cc2)c1. The molecule has 0 heterocycles. The van der Waals surface area contributed by atoms with Crippen LogP contribution in [0.5, 0.6) is 0 Å². The maximum atomic E-state index is 11.9. The Kier molecular flexibility index (Phi) is 5.21. The molecule has 0 aliphatic heterocycles. The second-order valence-corrected chi connectivity index (χ2v) is 8.55. The third-order valence-electron chi connectivity index (χ3n) is 3.21. The summed E-state index contributed by atoms with van der Waals surface area (Å²) in [5.74, 6) is -0.444. The van der Waals surface area contributed by atoms with Gasteiger partial charge in [0.1, 0.15) is 0 Å². The third kappa shape index (κ3) is 5.53. The normalized spacial score (nSPS) is 11.1. The number of nitrogens with one attached hydrogen (secondary N) is 1. The monoisotopic (exact) mass is 330 g/mol. The van der Waals surface area contributed by atoms with Gasteiger partial charge in [0.05, 0.1) is 0 Å². The van der Waals surface area contributed by atoms with Crippen molar-refractivity contribution in [2.45, 2.75) is 20.4 Å². The second-order valence-electron chi connectivity index (χ2n) is 6.00. The van der Waals surface area contributed by atoms with Crippen molar-refractivity contribution >= 4 is 21.3 Å². The maximum Gasteiger partial charge on any atom is 0.285 e. The van der Waals surface area contributed by atoms with E-state index in [1.807, 2.05) is 12.1 Å². The fourth-order valence-electron chi connectivity index (χ4n) is 2.36. The molecule has 0 aliphatic rings. The van der Waals surface area contributed by atoms with E-state index in [1.54, 1.807) is 12.1 Å². The molecule has 122 valence electrons. The zero-order valence-corrected chi connectivity index (χ0v) is 14.7. The van der Waals surface area contributed by atoms with Crippen LogP contribution in [0, 0.1) is 13.8 Å². The van der Waals surface area contributed by atoms with Gasteiger partial charge in [-0.05, 0) is 43.7 Å². The molecule has 0 spiro atoms. The number of hydrogen-bond acceptors (Lipinski definition) is 3. The average molecular weight is 330 g/mol. The van der Waals surface area contributed by atoms with Crippen LogP contribution in [0.4, 0.5) is 5.69 Å². The first-order valence-electron chi connectivity index (χ1n) is 7.35. The van der Waals surface area contributed by atoms with E-state index in [1.165, 1.54) is 29.2 Å². The van der Waals surface area contributed by atoms with Crippen LogP contribution >= 0.6 is 0 Å². The van der Waals surface area contributed by atoms with E-state index >= 15 is 0 Å². The molecule has 0 bridgehead atoms. The summed E-state index contributed by atoms with van der Waals surface area (Å²) in [4.78, 5) is 11.9. The van der Waals surface area contributed by atoms with Gasteiger partial charge in [-0.15, -0.1) is 0 Å². The molecule has 0 aliphatic carbocycles. The molecule has 0 saturated heterocycles. The molecule has 4 nitrogen and oxygen atoms in total. The predicted octanol–water partition coefficient (Wildman–Crippen LogP) is 3.78. The molecule has 2 rings (SSSR count). The van der Waals surface area contributed by atoms with Gasteiger partial charge in [0, 0.05) is 40.0 Å². The van der Waals surface area contributed by atoms with Gasteiger partial charge in [0.25, 0.3) is 5.91 Å². The molecule has 1 N–H and O–H groups in total. The molecular formula is C18H22N2O2S. The number of carbonyl (C=O) groups is 1. The molecular weight excluding hydrogens is 308 g/mol. The quantitative estimate of drug-likeness (QED) is 0.928. The number of nitrogens with zero attached hydrogens (tertiary/aromatic N) is 1. The molecule has 0 unspecified atom stereocenters. The second kappa shape index (κ2) is 6.96. The van der Waals surface area contributed by atoms with Crippen molar-refractivity contribution in [2.24, 2.45) is 4.36 Å². The average Bonchev–Trinajstić information content (AvgIpc) is 2.43. The van der Waals surface area contributed by atoms with Crippen molar-refractivity contribution in [3.05, 3.63) is 64.7 Å². The number of hydrogen-bond donors (Lipinski definition) is 1. The van der Waals surface area contributed by atoms with Crippen LogP contribution in [0.25, 0.3) is 0 Å². The topological polar surface area (TPSA) is 58.5 Å². The Morgan fingerprint density at radius 1 is 1.04 bits per heavy atom. The van der Waals surface area contributed by atoms with Crippen molar-refractivity contribution < 1.29 is 9.00 Å². The number of rotatable bonds is 4. The van der Waals surface area contributed by atoms with Gasteiger partial charge in [0.15, 0.2) is 0 Å². The van der Waals surface area contributed by atoms with Crippen molar-refractivity contribution in [1.82, 2.24) is 0 Å². The zero-order chi connectivity index (χ0) is 17.0. The van der Waals surface area contributed by atoms with E-state index in [0.29, 0.717) is 5.56 Å². The van der Waals surface area contributed by atoms with Gasteiger partial charge >= 0.3 is 0 Å². The van der Waals surface area contributed by atoms with Gasteiger partial charge in [-0.2, -0.15) is 4.36 Å². The lowest BCUT2D eigenvalue weighted by molar-refractivity contribution is 0.100. The van der Waals surface area contributed by atoms with Gasteiger partial charge in [0.2, 0.25) is 0 Å². The lowest BCUT2D eigenvalue weighted by Gasteiger charge is -2.09. The Hall–Kier alpha value is -2.14. The highest BCUT2D eigenvalue weighted by Gasteiger charge is 2.06. The highest BCUT2D eigenvalue weighted by molar-refractivity contribution is 7.92. The minimum absolute atomic E-state index is 0.443. The van der Waals surface area contributed by atoms with E-state index in [4.69, 9.17) is 0 Å². The lowest BCUT2D eigenvalue weighted by atomic mass is 10.1. The smallest absolute Gasteiger partial charge is 0.285 e. The van der Waals surface area contributed by atoms with E-state index < -0.39 is 15.6 Å². The van der Waals surface area contributed by atoms with Crippen molar-refractivity contribution in [3.8, 4) is 0 Å². The van der Waals surface area contributed by atoms with Gasteiger partial charge in [-0.25, -0.2) is 4.21 Å². The predicted molar refractivity (Wildman–Crippen MR) is 96.4 cm³/mol. The standard InChI is InChI=1S/C18H22N2O2S/c1-13-9-14(2)11-15(10-13)12-19-17-7-5-16(6-8-17)18(21)20-23(3,4)22/h5-11,19H,12H2,1-4H3. The van der Waals surface area contributed by atoms with E-state index in [2.05, 4.69) is 41.7 Å². The fourth-order valence-corrected chi connectivity index (χ4v) is 2.86. The third-order valence-corrected chi connectivity index (χ3v) is 3.82. The fraction of sp³-hybridized carbons (Fsp3) is 0.278. The molecule has 23 heavy (non-hydrogen) atoms. The first kappa shape index (κ1) is 17.2. The van der Waals surface area contributed by atoms with Crippen molar-refractivity contribution in [3.63, 3.8) is 0 Å². The van der Waals surface area contributed by atoms with E-state index in [0.717, 1.165) is 12.2 Å². The molecule has 5 heteroatoms. The Morgan fingerprint density at radius 2 is 1.61 bits per heavy atom. The Bertz CT molecular complexity index is 804. The summed E-state index contributed by atoms with van der Waals surface area (Å²) in [6.07, 6.45) is 2.90. The number of carbonyl (C=O) groups excluding carboxylic acids is 1. The first-order valence-corrected chi connectivity index (χ1v) is 9.69. The molecule has 0 atom stereocenters. The van der Waals surface area contributed by atoms with E-state index in [9.17, 15) is 9.00 Å². The van der Waals surface area contributed by atoms with Crippen molar-refractivity contribution in [1.29, 1.82) is 0 Å². The Labute approximate surface area is 138 Å². The molecule has 2 aromatic rings. The Balaban J connectivity index is 2.06. The lowest BCUT2D eigenvalue weighted by Crippen LogP contribution is -2.03. The highest BCUT2D eigenvalue weighted by atomic mass is 32.2. The van der Waals surface area contributed by atoms with Gasteiger partial charge in [-0.1, -0.05) is 29.3 Å². The molecule has 1 amide bonds. The number of anilines is 1. The van der Waals surface area contributed by atoms with Crippen LogP contribution in [-0.2, 0) is 16.3 Å². The highest BCUT2D eigenvalue weighted by Crippen LogP contribution is 2.14. The minimum atomic E-state index is -2.43. The van der Waals surface area contributed by atoms with Crippen LogP contribution in [-0.4, -0.2) is 22.6 Å². The molecule has 0 aromatic heterocycles. The summed E-state index contributed by atoms with van der Waals surface area (Å²) >= 11 is 0. The van der Waals surface area contributed by atoms with Crippen LogP contribution in [0.1, 0.15) is 27.0 Å². The summed E-state index contributed by atoms with van der Waals surface area (Å²) in [6, 6.07) is 13.5. The summed E-state index contributed by atoms with van der Waals surface area (Å²) in [6.45, 7) is 4.89. The number of aryl methyl sites for hydroxylation is 2. The first-order chi connectivity index (χ1) is 10.7. The van der Waals surface area contributed by atoms with Gasteiger partial charge < -0.3 is 5.32 Å². The summed E-state index contributed by atoms with van der Waals surface area (Å²) in [5, 5.41) is 3.33. The summed E-state index contributed by atoms with van der Waals surface area (Å²) < 4.78 is 15.2. The van der Waals surface area contributed by atoms with Crippen LogP contribution in [0.15, 0.2) is 46.8 Å². The minimum Gasteiger partial charge on any atom is -0.381 e. The van der Waals surface area contributed by atoms with E-state index in [-0.39, 0.29) is 0 Å². The molecule has 2 aromatic carbocycles. The zero-order valence-electron chi connectivity index (χ0n) is 13.9. The summed E-state index contributed by atoms with van der Waals surface area (Å²) in [5.41, 5.74) is 5.07. The molecule has 0 saturated carbocycles.